The van der Waals surface area contributed by atoms with Gasteiger partial charge in [-0.2, -0.15) is 5.10 Å². The molecule has 1 rings (SSSR count). The molecule has 0 radical (unpaired) electrons. The monoisotopic (exact) mass is 254 g/mol. The van der Waals surface area contributed by atoms with Gasteiger partial charge in [0.2, 0.25) is 0 Å². The molecule has 5 N–H and O–H groups in total. The molecule has 1 heterocycles. The minimum Gasteiger partial charge on any atom is -0.395 e. The van der Waals surface area contributed by atoms with Gasteiger partial charge in [0.15, 0.2) is 5.69 Å². The molecule has 1 aromatic heterocycles. The van der Waals surface area contributed by atoms with E-state index >= 15 is 0 Å². The van der Waals surface area contributed by atoms with Gasteiger partial charge in [-0.15, -0.1) is 0 Å². The Kier molecular flexibility index (Phi) is 3.71. The van der Waals surface area contributed by atoms with Crippen molar-refractivity contribution in [2.24, 2.45) is 0 Å². The Morgan fingerprint density at radius 2 is 2.00 bits per heavy atom. The number of hydrogen-bond acceptors (Lipinski definition) is 4. The Morgan fingerprint density at radius 3 is 2.39 bits per heavy atom. The van der Waals surface area contributed by atoms with E-state index in [-0.39, 0.29) is 5.69 Å². The van der Waals surface area contributed by atoms with E-state index in [1.165, 1.54) is 0 Å². The van der Waals surface area contributed by atoms with Crippen molar-refractivity contribution in [3.63, 3.8) is 0 Å². The highest BCUT2D eigenvalue weighted by atomic mass is 16.3. The highest BCUT2D eigenvalue weighted by Crippen LogP contribution is 2.22. The number of aromatic nitrogens is 2. The van der Waals surface area contributed by atoms with Gasteiger partial charge in [-0.1, -0.05) is 6.92 Å². The van der Waals surface area contributed by atoms with Gasteiger partial charge in [0.1, 0.15) is 0 Å². The quantitative estimate of drug-likeness (QED) is 0.639. The van der Waals surface area contributed by atoms with E-state index in [2.05, 4.69) is 15.5 Å². The van der Waals surface area contributed by atoms with Crippen LogP contribution in [0.5, 0.6) is 0 Å². The molecule has 102 valence electrons. The van der Waals surface area contributed by atoms with Crippen LogP contribution in [0, 0.1) is 0 Å². The SMILES string of the molecule is CCc1[nH]nc(C(=O)NC(C)(C)C(C)(C)O)c1N. The molecule has 0 aliphatic rings. The molecule has 0 aliphatic heterocycles. The number of aliphatic hydroxyl groups is 1. The lowest BCUT2D eigenvalue weighted by Crippen LogP contribution is -2.57. The maximum atomic E-state index is 12.1. The number of hydrogen-bond donors (Lipinski definition) is 4. The van der Waals surface area contributed by atoms with Crippen molar-refractivity contribution in [1.29, 1.82) is 0 Å². The predicted octanol–water partition coefficient (Wildman–Crippen LogP) is 0.834. The second-order valence-corrected chi connectivity index (χ2v) is 5.46. The number of nitrogens with one attached hydrogen (secondary N) is 2. The summed E-state index contributed by atoms with van der Waals surface area (Å²) in [5.41, 5.74) is 5.25. The van der Waals surface area contributed by atoms with Crippen molar-refractivity contribution >= 4 is 11.6 Å². The Balaban J connectivity index is 2.93. The number of nitrogen functional groups attached to an aromatic ring is 1. The molecule has 0 fully saturated rings. The topological polar surface area (TPSA) is 104 Å². The van der Waals surface area contributed by atoms with E-state index < -0.39 is 17.0 Å². The molecule has 18 heavy (non-hydrogen) atoms. The van der Waals surface area contributed by atoms with Gasteiger partial charge in [-0.25, -0.2) is 0 Å². The van der Waals surface area contributed by atoms with E-state index in [0.29, 0.717) is 12.1 Å². The molecule has 0 bridgehead atoms. The number of carbonyl (C=O) groups excluding carboxylic acids is 1. The van der Waals surface area contributed by atoms with Crippen LogP contribution in [0.4, 0.5) is 5.69 Å². The summed E-state index contributed by atoms with van der Waals surface area (Å²) in [5.74, 6) is -0.393. The fourth-order valence-electron chi connectivity index (χ4n) is 1.33. The van der Waals surface area contributed by atoms with Gasteiger partial charge >= 0.3 is 0 Å². The molecule has 6 heteroatoms. The number of carbonyl (C=O) groups is 1. The fraction of sp³-hybridized carbons (Fsp3) is 0.667. The first-order valence-corrected chi connectivity index (χ1v) is 5.97. The summed E-state index contributed by atoms with van der Waals surface area (Å²) in [6.45, 7) is 8.69. The molecule has 0 atom stereocenters. The minimum atomic E-state index is -1.05. The second-order valence-electron chi connectivity index (χ2n) is 5.46. The standard InChI is InChI=1S/C12H22N4O2/c1-6-7-8(13)9(16-15-7)10(17)14-11(2,3)12(4,5)18/h18H,6,13H2,1-5H3,(H,14,17)(H,15,16). The molecule has 0 spiro atoms. The molecule has 1 amide bonds. The van der Waals surface area contributed by atoms with Crippen LogP contribution in [0.15, 0.2) is 0 Å². The molecule has 0 saturated heterocycles. The van der Waals surface area contributed by atoms with Crippen LogP contribution in [0.25, 0.3) is 0 Å². The molecule has 6 nitrogen and oxygen atoms in total. The fourth-order valence-corrected chi connectivity index (χ4v) is 1.33. The van der Waals surface area contributed by atoms with Crippen molar-refractivity contribution in [2.75, 3.05) is 5.73 Å². The smallest absolute Gasteiger partial charge is 0.274 e. The summed E-state index contributed by atoms with van der Waals surface area (Å²) < 4.78 is 0. The first kappa shape index (κ1) is 14.5. The van der Waals surface area contributed by atoms with Crippen LogP contribution in [-0.2, 0) is 6.42 Å². The third-order valence-corrected chi connectivity index (χ3v) is 3.41. The molecule has 0 unspecified atom stereocenters. The minimum absolute atomic E-state index is 0.171. The summed E-state index contributed by atoms with van der Waals surface area (Å²) in [6, 6.07) is 0. The number of H-pyrrole nitrogens is 1. The first-order valence-electron chi connectivity index (χ1n) is 5.97. The van der Waals surface area contributed by atoms with Crippen LogP contribution in [-0.4, -0.2) is 32.4 Å². The molecule has 1 aromatic rings. The zero-order valence-electron chi connectivity index (χ0n) is 11.6. The second kappa shape index (κ2) is 4.61. The zero-order valence-corrected chi connectivity index (χ0v) is 11.6. The van der Waals surface area contributed by atoms with Gasteiger partial charge in [-0.05, 0) is 34.1 Å². The van der Waals surface area contributed by atoms with Crippen LogP contribution in [0.2, 0.25) is 0 Å². The third kappa shape index (κ3) is 2.64. The van der Waals surface area contributed by atoms with Crippen molar-refractivity contribution < 1.29 is 9.90 Å². The Morgan fingerprint density at radius 1 is 1.44 bits per heavy atom. The van der Waals surface area contributed by atoms with E-state index in [1.807, 2.05) is 6.92 Å². The average Bonchev–Trinajstić information content (AvgIpc) is 2.57. The van der Waals surface area contributed by atoms with E-state index in [1.54, 1.807) is 27.7 Å². The van der Waals surface area contributed by atoms with E-state index in [9.17, 15) is 9.90 Å². The molecular formula is C12H22N4O2. The van der Waals surface area contributed by atoms with Crippen molar-refractivity contribution in [3.8, 4) is 0 Å². The number of rotatable bonds is 4. The summed E-state index contributed by atoms with van der Waals surface area (Å²) in [7, 11) is 0. The zero-order chi connectivity index (χ0) is 14.1. The number of anilines is 1. The first-order chi connectivity index (χ1) is 8.10. The molecular weight excluding hydrogens is 232 g/mol. The number of amides is 1. The molecule has 0 aliphatic carbocycles. The van der Waals surface area contributed by atoms with Gasteiger partial charge in [0, 0.05) is 0 Å². The Labute approximate surface area is 107 Å². The summed E-state index contributed by atoms with van der Waals surface area (Å²) in [5, 5.41) is 19.4. The predicted molar refractivity (Wildman–Crippen MR) is 70.2 cm³/mol. The highest BCUT2D eigenvalue weighted by Gasteiger charge is 2.37. The lowest BCUT2D eigenvalue weighted by atomic mass is 9.86. The largest absolute Gasteiger partial charge is 0.395 e. The van der Waals surface area contributed by atoms with Crippen LogP contribution in [0.3, 0.4) is 0 Å². The third-order valence-electron chi connectivity index (χ3n) is 3.41. The van der Waals surface area contributed by atoms with Gasteiger partial charge < -0.3 is 16.2 Å². The maximum absolute atomic E-state index is 12.1. The summed E-state index contributed by atoms with van der Waals surface area (Å²) in [4.78, 5) is 12.1. The lowest BCUT2D eigenvalue weighted by Gasteiger charge is -2.37. The average molecular weight is 254 g/mol. The van der Waals surface area contributed by atoms with Crippen LogP contribution in [0.1, 0.15) is 50.8 Å². The maximum Gasteiger partial charge on any atom is 0.274 e. The summed E-state index contributed by atoms with van der Waals surface area (Å²) in [6.07, 6.45) is 0.682. The van der Waals surface area contributed by atoms with Gasteiger partial charge in [-0.3, -0.25) is 9.89 Å². The van der Waals surface area contributed by atoms with E-state index in [4.69, 9.17) is 5.73 Å². The van der Waals surface area contributed by atoms with Crippen LogP contribution >= 0.6 is 0 Å². The van der Waals surface area contributed by atoms with E-state index in [0.717, 1.165) is 5.69 Å². The van der Waals surface area contributed by atoms with Crippen molar-refractivity contribution in [2.45, 2.75) is 52.2 Å². The summed E-state index contributed by atoms with van der Waals surface area (Å²) >= 11 is 0. The Bertz CT molecular complexity index is 443. The number of nitrogens with zero attached hydrogens (tertiary/aromatic N) is 1. The van der Waals surface area contributed by atoms with Gasteiger partial charge in [0.25, 0.3) is 5.91 Å². The lowest BCUT2D eigenvalue weighted by molar-refractivity contribution is -0.00300. The highest BCUT2D eigenvalue weighted by molar-refractivity contribution is 5.98. The van der Waals surface area contributed by atoms with Gasteiger partial charge in [0.05, 0.1) is 22.5 Å². The molecule has 0 saturated carbocycles. The normalized spacial score (nSPS) is 12.6. The number of aryl methyl sites for hydroxylation is 1. The van der Waals surface area contributed by atoms with Crippen LogP contribution < -0.4 is 11.1 Å². The Hall–Kier alpha value is -1.56. The van der Waals surface area contributed by atoms with Crippen molar-refractivity contribution in [1.82, 2.24) is 15.5 Å². The number of aromatic amines is 1. The number of nitrogens with two attached hydrogens (primary N) is 1. The molecule has 0 aromatic carbocycles. The van der Waals surface area contributed by atoms with Crippen molar-refractivity contribution in [3.05, 3.63) is 11.4 Å².